The van der Waals surface area contributed by atoms with E-state index >= 15 is 0 Å². The van der Waals surface area contributed by atoms with Crippen LogP contribution in [0, 0.1) is 0 Å². The highest BCUT2D eigenvalue weighted by molar-refractivity contribution is 5.97. The number of rotatable bonds is 2. The minimum absolute atomic E-state index is 0.0287. The maximum Gasteiger partial charge on any atom is 0.316 e. The average Bonchev–Trinajstić information content (AvgIpc) is 2.41. The Hall–Kier alpha value is -2.08. The fraction of sp³-hybridized carbons (Fsp3) is 0.429. The molecule has 1 fully saturated rings. The average molecular weight is 276 g/mol. The quantitative estimate of drug-likeness (QED) is 0.753. The molecule has 0 saturated carbocycles. The van der Waals surface area contributed by atoms with Gasteiger partial charge in [0.25, 0.3) is 5.91 Å². The van der Waals surface area contributed by atoms with Gasteiger partial charge in [0.2, 0.25) is 0 Å². The molecular formula is C14H20N4O2. The van der Waals surface area contributed by atoms with E-state index in [0.29, 0.717) is 17.8 Å². The number of nitrogens with zero attached hydrogens (tertiary/aromatic N) is 1. The Balaban J connectivity index is 2.18. The van der Waals surface area contributed by atoms with Gasteiger partial charge in [-0.15, -0.1) is 0 Å². The first kappa shape index (κ1) is 14.3. The van der Waals surface area contributed by atoms with E-state index in [4.69, 9.17) is 5.73 Å². The van der Waals surface area contributed by atoms with Crippen LogP contribution in [0.1, 0.15) is 24.2 Å². The summed E-state index contributed by atoms with van der Waals surface area (Å²) in [6, 6.07) is 6.57. The smallest absolute Gasteiger partial charge is 0.316 e. The van der Waals surface area contributed by atoms with E-state index in [1.54, 1.807) is 24.3 Å². The number of urea groups is 1. The van der Waals surface area contributed by atoms with Crippen molar-refractivity contribution in [3.05, 3.63) is 29.8 Å². The molecule has 1 heterocycles. The summed E-state index contributed by atoms with van der Waals surface area (Å²) in [6.07, 6.45) is 0. The Morgan fingerprint density at radius 3 is 2.85 bits per heavy atom. The van der Waals surface area contributed by atoms with E-state index in [0.717, 1.165) is 6.54 Å². The largest absolute Gasteiger partial charge is 0.351 e. The van der Waals surface area contributed by atoms with Gasteiger partial charge in [0, 0.05) is 36.4 Å². The van der Waals surface area contributed by atoms with Crippen molar-refractivity contribution in [2.75, 3.05) is 18.4 Å². The fourth-order valence-corrected chi connectivity index (χ4v) is 2.38. The van der Waals surface area contributed by atoms with Crippen molar-refractivity contribution in [2.45, 2.75) is 25.9 Å². The van der Waals surface area contributed by atoms with Gasteiger partial charge in [-0.3, -0.25) is 4.79 Å². The molecule has 1 aromatic rings. The summed E-state index contributed by atoms with van der Waals surface area (Å²) >= 11 is 0. The highest BCUT2D eigenvalue weighted by Crippen LogP contribution is 2.16. The molecule has 3 amide bonds. The number of hydrogen-bond acceptors (Lipinski definition) is 3. The molecular weight excluding hydrogens is 256 g/mol. The van der Waals surface area contributed by atoms with Crippen molar-refractivity contribution >= 4 is 17.6 Å². The summed E-state index contributed by atoms with van der Waals surface area (Å²) in [5.41, 5.74) is 6.16. The van der Waals surface area contributed by atoms with Gasteiger partial charge in [0.1, 0.15) is 0 Å². The van der Waals surface area contributed by atoms with Crippen molar-refractivity contribution < 1.29 is 9.59 Å². The highest BCUT2D eigenvalue weighted by atomic mass is 16.2. The monoisotopic (exact) mass is 276 g/mol. The van der Waals surface area contributed by atoms with Gasteiger partial charge in [-0.05, 0) is 32.0 Å². The van der Waals surface area contributed by atoms with Crippen LogP contribution in [0.15, 0.2) is 24.3 Å². The first-order valence-corrected chi connectivity index (χ1v) is 6.70. The van der Waals surface area contributed by atoms with Gasteiger partial charge >= 0.3 is 6.03 Å². The molecule has 2 atom stereocenters. The topological polar surface area (TPSA) is 87.5 Å². The summed E-state index contributed by atoms with van der Waals surface area (Å²) in [5.74, 6) is -0.0287. The number of benzene rings is 1. The molecule has 6 nitrogen and oxygen atoms in total. The van der Waals surface area contributed by atoms with Crippen LogP contribution in [0.2, 0.25) is 0 Å². The predicted molar refractivity (Wildman–Crippen MR) is 77.6 cm³/mol. The van der Waals surface area contributed by atoms with Crippen LogP contribution < -0.4 is 16.4 Å². The van der Waals surface area contributed by atoms with Gasteiger partial charge in [-0.1, -0.05) is 6.07 Å². The van der Waals surface area contributed by atoms with Gasteiger partial charge in [0.05, 0.1) is 0 Å². The lowest BCUT2D eigenvalue weighted by Gasteiger charge is -2.38. The Morgan fingerprint density at radius 2 is 2.15 bits per heavy atom. The molecule has 2 unspecified atom stereocenters. The number of carbonyl (C=O) groups is 2. The van der Waals surface area contributed by atoms with Crippen LogP contribution in [0.25, 0.3) is 0 Å². The van der Waals surface area contributed by atoms with Gasteiger partial charge in [-0.25, -0.2) is 4.79 Å². The van der Waals surface area contributed by atoms with Gasteiger partial charge < -0.3 is 21.3 Å². The van der Waals surface area contributed by atoms with Gasteiger partial charge in [-0.2, -0.15) is 0 Å². The zero-order chi connectivity index (χ0) is 14.7. The van der Waals surface area contributed by atoms with Crippen LogP contribution in [0.4, 0.5) is 10.5 Å². The minimum Gasteiger partial charge on any atom is -0.351 e. The normalized spacial score (nSPS) is 22.4. The number of nitrogens with two attached hydrogens (primary N) is 1. The molecule has 1 saturated heterocycles. The van der Waals surface area contributed by atoms with E-state index in [1.807, 2.05) is 11.8 Å². The van der Waals surface area contributed by atoms with E-state index in [-0.39, 0.29) is 18.0 Å². The Bertz CT molecular complexity index is 518. The third-order valence-corrected chi connectivity index (χ3v) is 3.67. The fourth-order valence-electron chi connectivity index (χ4n) is 2.38. The summed E-state index contributed by atoms with van der Waals surface area (Å²) in [4.78, 5) is 25.3. The number of carbonyl (C=O) groups excluding carboxylic acids is 2. The summed E-state index contributed by atoms with van der Waals surface area (Å²) < 4.78 is 0. The number of amides is 3. The zero-order valence-corrected chi connectivity index (χ0v) is 11.7. The lowest BCUT2D eigenvalue weighted by atomic mass is 10.1. The van der Waals surface area contributed by atoms with Crippen LogP contribution in [-0.2, 0) is 0 Å². The first-order valence-electron chi connectivity index (χ1n) is 6.70. The Morgan fingerprint density at radius 1 is 1.40 bits per heavy atom. The molecule has 0 spiro atoms. The SMILES string of the molecule is CC1NCCN(C(=O)c2cccc(NC(N)=O)c2)C1C. The summed E-state index contributed by atoms with van der Waals surface area (Å²) in [5, 5.41) is 5.82. The molecule has 108 valence electrons. The Labute approximate surface area is 118 Å². The maximum atomic E-state index is 12.5. The third-order valence-electron chi connectivity index (χ3n) is 3.67. The Kier molecular flexibility index (Phi) is 4.24. The maximum absolute atomic E-state index is 12.5. The zero-order valence-electron chi connectivity index (χ0n) is 11.7. The van der Waals surface area contributed by atoms with Crippen LogP contribution >= 0.6 is 0 Å². The number of primary amides is 1. The van der Waals surface area contributed by atoms with Crippen molar-refractivity contribution in [1.82, 2.24) is 10.2 Å². The molecule has 1 aromatic carbocycles. The van der Waals surface area contributed by atoms with Crippen LogP contribution in [-0.4, -0.2) is 42.0 Å². The number of hydrogen-bond donors (Lipinski definition) is 3. The second kappa shape index (κ2) is 5.92. The first-order chi connectivity index (χ1) is 9.49. The molecule has 2 rings (SSSR count). The van der Waals surface area contributed by atoms with Gasteiger partial charge in [0.15, 0.2) is 0 Å². The molecule has 20 heavy (non-hydrogen) atoms. The van der Waals surface area contributed by atoms with E-state index in [9.17, 15) is 9.59 Å². The molecule has 0 aromatic heterocycles. The van der Waals surface area contributed by atoms with E-state index in [2.05, 4.69) is 17.6 Å². The van der Waals surface area contributed by atoms with Crippen molar-refractivity contribution in [3.8, 4) is 0 Å². The lowest BCUT2D eigenvalue weighted by molar-refractivity contribution is 0.0603. The van der Waals surface area contributed by atoms with Crippen molar-refractivity contribution in [2.24, 2.45) is 5.73 Å². The molecule has 0 bridgehead atoms. The molecule has 4 N–H and O–H groups in total. The molecule has 1 aliphatic heterocycles. The van der Waals surface area contributed by atoms with E-state index in [1.165, 1.54) is 0 Å². The minimum atomic E-state index is -0.640. The van der Waals surface area contributed by atoms with Crippen LogP contribution in [0.3, 0.4) is 0 Å². The standard InChI is InChI=1S/C14H20N4O2/c1-9-10(2)18(7-6-16-9)13(19)11-4-3-5-12(8-11)17-14(15)20/h3-5,8-10,16H,6-7H2,1-2H3,(H3,15,17,20). The second-order valence-corrected chi connectivity index (χ2v) is 5.05. The molecule has 0 aliphatic carbocycles. The highest BCUT2D eigenvalue weighted by Gasteiger charge is 2.28. The van der Waals surface area contributed by atoms with Crippen molar-refractivity contribution in [3.63, 3.8) is 0 Å². The van der Waals surface area contributed by atoms with Crippen molar-refractivity contribution in [1.29, 1.82) is 0 Å². The molecule has 1 aliphatic rings. The number of anilines is 1. The van der Waals surface area contributed by atoms with Crippen LogP contribution in [0.5, 0.6) is 0 Å². The predicted octanol–water partition coefficient (Wildman–Crippen LogP) is 1.000. The summed E-state index contributed by atoms with van der Waals surface area (Å²) in [7, 11) is 0. The molecule has 0 radical (unpaired) electrons. The molecule has 6 heteroatoms. The number of nitrogens with one attached hydrogen (secondary N) is 2. The third kappa shape index (κ3) is 3.08. The number of piperazine rings is 1. The second-order valence-electron chi connectivity index (χ2n) is 5.05. The van der Waals surface area contributed by atoms with E-state index < -0.39 is 6.03 Å². The summed E-state index contributed by atoms with van der Waals surface area (Å²) in [6.45, 7) is 5.56. The lowest BCUT2D eigenvalue weighted by Crippen LogP contribution is -2.57.